The fourth-order valence-corrected chi connectivity index (χ4v) is 41.7. The van der Waals surface area contributed by atoms with Crippen LogP contribution in [0.4, 0.5) is 0 Å². The van der Waals surface area contributed by atoms with Crippen LogP contribution in [0.15, 0.2) is 96.1 Å². The van der Waals surface area contributed by atoms with E-state index < -0.39 is 21.5 Å². The van der Waals surface area contributed by atoms with Crippen molar-refractivity contribution in [2.75, 3.05) is 0 Å². The van der Waals surface area contributed by atoms with Crippen molar-refractivity contribution in [3.05, 3.63) is 129 Å². The predicted octanol–water partition coefficient (Wildman–Crippen LogP) is 14.8. The van der Waals surface area contributed by atoms with Gasteiger partial charge < -0.3 is 0 Å². The summed E-state index contributed by atoms with van der Waals surface area (Å²) in [7, 11) is 17.6. The fraction of sp³-hybridized carbons (Fsp3) is 0.391. The van der Waals surface area contributed by atoms with Crippen LogP contribution in [-0.2, 0) is 15.6 Å². The van der Waals surface area contributed by atoms with E-state index >= 15 is 0 Å². The summed E-state index contributed by atoms with van der Waals surface area (Å²) in [5.74, 6) is 0.00122. The molecule has 0 N–H and O–H groups in total. The van der Waals surface area contributed by atoms with Gasteiger partial charge in [0.2, 0.25) is 0 Å². The van der Waals surface area contributed by atoms with Gasteiger partial charge in [-0.3, -0.25) is 0 Å². The number of halogens is 2. The van der Waals surface area contributed by atoms with Gasteiger partial charge in [-0.1, -0.05) is 0 Å². The van der Waals surface area contributed by atoms with Gasteiger partial charge in [-0.2, -0.15) is 0 Å². The number of benzene rings is 4. The Morgan fingerprint density at radius 3 is 1.72 bits per heavy atom. The molecule has 0 amide bonds. The first-order chi connectivity index (χ1) is 23.9. The summed E-state index contributed by atoms with van der Waals surface area (Å²) in [6, 6.07) is 32.5. The van der Waals surface area contributed by atoms with Gasteiger partial charge in [0.05, 0.1) is 0 Å². The summed E-state index contributed by atoms with van der Waals surface area (Å²) in [4.78, 5) is 0. The third kappa shape index (κ3) is 6.07. The van der Waals surface area contributed by atoms with Gasteiger partial charge in [0, 0.05) is 0 Å². The van der Waals surface area contributed by atoms with Crippen LogP contribution >= 0.6 is 17.0 Å². The first kappa shape index (κ1) is 36.4. The van der Waals surface area contributed by atoms with Gasteiger partial charge in [-0.15, -0.1) is 0 Å². The molecule has 1 saturated carbocycles. The van der Waals surface area contributed by atoms with Crippen molar-refractivity contribution in [1.82, 2.24) is 0 Å². The Morgan fingerprint density at radius 2 is 1.20 bits per heavy atom. The molecule has 3 aliphatic carbocycles. The summed E-state index contributed by atoms with van der Waals surface area (Å²) >= 11 is -4.85. The Balaban J connectivity index is 1.39. The van der Waals surface area contributed by atoms with Crippen molar-refractivity contribution in [3.8, 4) is 22.3 Å². The Labute approximate surface area is 311 Å². The van der Waals surface area contributed by atoms with E-state index in [0.29, 0.717) is 17.8 Å². The Morgan fingerprint density at radius 1 is 0.680 bits per heavy atom. The standard InChI is InChI=1S/C24H27.C20H21.C2H7Si.2ClH.Zr/c1-17(2)18-11-13-20(14-12-18)23-10-6-9-21-15-22(16-24(21)23)19-7-4-3-5-8-19;1-4-15(3)16-8-10-17(11-9-16)19-7-5-6-18-12-14(2)13-20(18)19;1-3-2;;;/h6,9-17,19H,3-5,7-8H2,1-2H3;5-13,15H,4H2,1-3H3;3H,1-2H3;2*1H;/q;;;;;+2/p-2. The first-order valence-corrected chi connectivity index (χ1v) is 35.7. The molecule has 4 aromatic carbocycles. The maximum atomic E-state index is 8.79. The molecule has 3 atom stereocenters. The molecule has 3 unspecified atom stereocenters. The Bertz CT molecular complexity index is 1940. The van der Waals surface area contributed by atoms with Gasteiger partial charge in [-0.05, 0) is 0 Å². The van der Waals surface area contributed by atoms with E-state index in [1.165, 1.54) is 93.3 Å². The number of allylic oxidation sites excluding steroid dienone is 2. The van der Waals surface area contributed by atoms with Crippen molar-refractivity contribution in [3.63, 3.8) is 0 Å². The van der Waals surface area contributed by atoms with Crippen molar-refractivity contribution in [2.24, 2.45) is 5.92 Å². The van der Waals surface area contributed by atoms with Crippen molar-refractivity contribution >= 4 is 35.1 Å². The molecule has 4 aromatic rings. The van der Waals surface area contributed by atoms with Gasteiger partial charge in [0.15, 0.2) is 0 Å². The van der Waals surface area contributed by atoms with Gasteiger partial charge >= 0.3 is 314 Å². The Kier molecular flexibility index (Phi) is 10.3. The van der Waals surface area contributed by atoms with E-state index in [-0.39, 0.29) is 7.25 Å². The third-order valence-electron chi connectivity index (χ3n) is 12.9. The zero-order valence-corrected chi connectivity index (χ0v) is 36.3. The van der Waals surface area contributed by atoms with Crippen LogP contribution in [0.1, 0.15) is 126 Å². The molecule has 0 saturated heterocycles. The zero-order valence-electron chi connectivity index (χ0n) is 31.2. The van der Waals surface area contributed by atoms with Crippen LogP contribution in [0.2, 0.25) is 13.1 Å². The second kappa shape index (κ2) is 14.1. The van der Waals surface area contributed by atoms with E-state index in [1.807, 2.05) is 0 Å². The quantitative estimate of drug-likeness (QED) is 0.148. The molecule has 7 rings (SSSR count). The molecule has 50 heavy (non-hydrogen) atoms. The number of rotatable bonds is 9. The minimum absolute atomic E-state index is 0.109. The summed E-state index contributed by atoms with van der Waals surface area (Å²) in [6.45, 7) is 16.4. The molecule has 3 aliphatic rings. The first-order valence-electron chi connectivity index (χ1n) is 19.4. The van der Waals surface area contributed by atoms with E-state index in [1.54, 1.807) is 5.57 Å². The van der Waals surface area contributed by atoms with E-state index in [9.17, 15) is 0 Å². The molecule has 0 heterocycles. The summed E-state index contributed by atoms with van der Waals surface area (Å²) in [6.07, 6.45) is 12.6. The van der Waals surface area contributed by atoms with Crippen LogP contribution in [0.5, 0.6) is 0 Å². The van der Waals surface area contributed by atoms with E-state index in [4.69, 9.17) is 17.0 Å². The minimum atomic E-state index is -4.85. The second-order valence-electron chi connectivity index (χ2n) is 16.4. The van der Waals surface area contributed by atoms with E-state index in [2.05, 4.69) is 145 Å². The number of hydrogen-bond donors (Lipinski definition) is 0. The monoisotopic (exact) mass is 795 g/mol. The molecule has 1 fully saturated rings. The van der Waals surface area contributed by atoms with Crippen LogP contribution in [0.25, 0.3) is 34.4 Å². The molecule has 0 nitrogen and oxygen atoms in total. The molecule has 0 aliphatic heterocycles. The van der Waals surface area contributed by atoms with Crippen LogP contribution in [0.3, 0.4) is 0 Å². The van der Waals surface area contributed by atoms with Gasteiger partial charge in [0.25, 0.3) is 0 Å². The summed E-state index contributed by atoms with van der Waals surface area (Å²) in [5, 5.41) is 0. The number of fused-ring (bicyclic) bond motifs is 2. The van der Waals surface area contributed by atoms with Crippen molar-refractivity contribution in [2.45, 2.75) is 105 Å². The molecule has 0 aromatic heterocycles. The molecule has 0 radical (unpaired) electrons. The topological polar surface area (TPSA) is 0 Å². The molecule has 0 spiro atoms. The fourth-order valence-electron chi connectivity index (χ4n) is 9.73. The molecular weight excluding hydrogens is 743 g/mol. The second-order valence-corrected chi connectivity index (χ2v) is 58.9. The van der Waals surface area contributed by atoms with Crippen LogP contribution in [-0.4, -0.2) is 5.92 Å². The normalized spacial score (nSPS) is 20.7. The van der Waals surface area contributed by atoms with Crippen LogP contribution in [0, 0.1) is 5.92 Å². The molecule has 0 bridgehead atoms. The van der Waals surface area contributed by atoms with Crippen molar-refractivity contribution < 1.29 is 15.6 Å². The summed E-state index contributed by atoms with van der Waals surface area (Å²) < 4.78 is 0.245. The third-order valence-corrected chi connectivity index (χ3v) is 64.9. The van der Waals surface area contributed by atoms with Crippen molar-refractivity contribution in [1.29, 1.82) is 0 Å². The predicted molar refractivity (Wildman–Crippen MR) is 221 cm³/mol. The van der Waals surface area contributed by atoms with Crippen LogP contribution < -0.4 is 0 Å². The maximum absolute atomic E-state index is 8.79. The SMILES string of the molecule is CCC(C)c1ccc(-c2cccc3c2C=C(C)[CH]3[Zr]([Cl])([Cl])([CH]2C(C3CCCCC3)=Cc3c(-c4ccc(C(C)C)cc4)cccc32)[SiH](C)C)cc1. The molecule has 4 heteroatoms. The summed E-state index contributed by atoms with van der Waals surface area (Å²) in [5.41, 5.74) is 16.4. The molecular formula is C46H55Cl2SiZr. The van der Waals surface area contributed by atoms with Gasteiger partial charge in [-0.25, -0.2) is 0 Å². The zero-order chi connectivity index (χ0) is 35.4. The average molecular weight is 798 g/mol. The average Bonchev–Trinajstić information content (AvgIpc) is 3.71. The van der Waals surface area contributed by atoms with E-state index in [0.717, 1.165) is 6.42 Å². The molecule has 261 valence electrons. The van der Waals surface area contributed by atoms with Gasteiger partial charge in [0.1, 0.15) is 0 Å². The Hall–Kier alpha value is -1.96. The number of hydrogen-bond acceptors (Lipinski definition) is 0.